The fraction of sp³-hybridized carbons (Fsp3) is 1.00. The summed E-state index contributed by atoms with van der Waals surface area (Å²) in [4.78, 5) is 0. The molecule has 1 aliphatic carbocycles. The van der Waals surface area contributed by atoms with Gasteiger partial charge in [-0.2, -0.15) is 11.8 Å². The van der Waals surface area contributed by atoms with Crippen LogP contribution in [0.2, 0.25) is 0 Å². The van der Waals surface area contributed by atoms with Gasteiger partial charge >= 0.3 is 0 Å². The minimum atomic E-state index is 0.429. The standard InChI is InChI=1S/C9H17NS/c1-7(10)8-2-5-11-6-9(8)3-4-9/h7-8H,2-6,10H2,1H3. The maximum Gasteiger partial charge on any atom is 0.00446 e. The summed E-state index contributed by atoms with van der Waals surface area (Å²) in [6, 6.07) is 0.429. The molecule has 2 aliphatic rings. The predicted molar refractivity (Wildman–Crippen MR) is 50.7 cm³/mol. The molecule has 1 saturated carbocycles. The van der Waals surface area contributed by atoms with Gasteiger partial charge in [0.2, 0.25) is 0 Å². The molecule has 2 N–H and O–H groups in total. The molecule has 1 nitrogen and oxygen atoms in total. The minimum absolute atomic E-state index is 0.429. The zero-order valence-corrected chi connectivity index (χ0v) is 7.99. The van der Waals surface area contributed by atoms with E-state index in [1.807, 2.05) is 0 Å². The van der Waals surface area contributed by atoms with Crippen LogP contribution in [0.15, 0.2) is 0 Å². The molecule has 1 heterocycles. The van der Waals surface area contributed by atoms with Crippen LogP contribution in [0.1, 0.15) is 26.2 Å². The van der Waals surface area contributed by atoms with E-state index < -0.39 is 0 Å². The zero-order chi connectivity index (χ0) is 7.90. The van der Waals surface area contributed by atoms with Gasteiger partial charge in [0.25, 0.3) is 0 Å². The monoisotopic (exact) mass is 171 g/mol. The van der Waals surface area contributed by atoms with E-state index in [9.17, 15) is 0 Å². The Kier molecular flexibility index (Phi) is 1.92. The summed E-state index contributed by atoms with van der Waals surface area (Å²) in [5.74, 6) is 3.57. The second-order valence-electron chi connectivity index (χ2n) is 4.17. The van der Waals surface area contributed by atoms with Crippen LogP contribution in [-0.2, 0) is 0 Å². The Bertz CT molecular complexity index is 152. The number of nitrogens with two attached hydrogens (primary N) is 1. The van der Waals surface area contributed by atoms with Gasteiger partial charge in [0.15, 0.2) is 0 Å². The Morgan fingerprint density at radius 3 is 2.73 bits per heavy atom. The maximum absolute atomic E-state index is 5.97. The molecule has 1 spiro atoms. The summed E-state index contributed by atoms with van der Waals surface area (Å²) >= 11 is 2.13. The van der Waals surface area contributed by atoms with E-state index in [1.165, 1.54) is 30.8 Å². The fourth-order valence-electron chi connectivity index (χ4n) is 2.40. The van der Waals surface area contributed by atoms with Crippen molar-refractivity contribution in [3.05, 3.63) is 0 Å². The van der Waals surface area contributed by atoms with Crippen molar-refractivity contribution >= 4 is 11.8 Å². The summed E-state index contributed by atoms with van der Waals surface area (Å²) < 4.78 is 0. The van der Waals surface area contributed by atoms with Crippen LogP contribution in [0.25, 0.3) is 0 Å². The van der Waals surface area contributed by atoms with Crippen molar-refractivity contribution in [3.63, 3.8) is 0 Å². The summed E-state index contributed by atoms with van der Waals surface area (Å²) in [5.41, 5.74) is 6.68. The number of hydrogen-bond acceptors (Lipinski definition) is 2. The average molecular weight is 171 g/mol. The van der Waals surface area contributed by atoms with Gasteiger partial charge in [0, 0.05) is 6.04 Å². The molecule has 0 aromatic rings. The van der Waals surface area contributed by atoms with Crippen molar-refractivity contribution in [1.82, 2.24) is 0 Å². The van der Waals surface area contributed by atoms with Gasteiger partial charge in [0.05, 0.1) is 0 Å². The van der Waals surface area contributed by atoms with Crippen molar-refractivity contribution in [2.75, 3.05) is 11.5 Å². The molecule has 1 saturated heterocycles. The minimum Gasteiger partial charge on any atom is -0.328 e. The maximum atomic E-state index is 5.97. The van der Waals surface area contributed by atoms with Gasteiger partial charge < -0.3 is 5.73 Å². The summed E-state index contributed by atoms with van der Waals surface area (Å²) in [6.07, 6.45) is 4.26. The third-order valence-electron chi connectivity index (χ3n) is 3.28. The molecule has 2 rings (SSSR count). The molecule has 0 aromatic carbocycles. The summed E-state index contributed by atoms with van der Waals surface area (Å²) in [5, 5.41) is 0. The molecule has 0 radical (unpaired) electrons. The molecule has 1 aliphatic heterocycles. The smallest absolute Gasteiger partial charge is 0.00446 e. The van der Waals surface area contributed by atoms with E-state index in [0.717, 1.165) is 5.92 Å². The Labute approximate surface area is 73.1 Å². The third kappa shape index (κ3) is 1.31. The van der Waals surface area contributed by atoms with Crippen LogP contribution >= 0.6 is 11.8 Å². The number of thioether (sulfide) groups is 1. The van der Waals surface area contributed by atoms with Gasteiger partial charge in [-0.25, -0.2) is 0 Å². The fourth-order valence-corrected chi connectivity index (χ4v) is 3.87. The Balaban J connectivity index is 2.04. The zero-order valence-electron chi connectivity index (χ0n) is 7.18. The van der Waals surface area contributed by atoms with Crippen LogP contribution < -0.4 is 5.73 Å². The van der Waals surface area contributed by atoms with Crippen LogP contribution in [0.5, 0.6) is 0 Å². The topological polar surface area (TPSA) is 26.0 Å². The normalized spacial score (nSPS) is 37.1. The molecule has 11 heavy (non-hydrogen) atoms. The molecule has 64 valence electrons. The molecule has 2 fully saturated rings. The molecule has 0 amide bonds. The quantitative estimate of drug-likeness (QED) is 0.652. The Hall–Kier alpha value is 0.310. The SMILES string of the molecule is CC(N)C1CCSCC12CC2. The average Bonchev–Trinajstić information content (AvgIpc) is 2.70. The second-order valence-corrected chi connectivity index (χ2v) is 5.27. The highest BCUT2D eigenvalue weighted by Gasteiger charge is 2.51. The first kappa shape index (κ1) is 7.93. The highest BCUT2D eigenvalue weighted by atomic mass is 32.2. The summed E-state index contributed by atoms with van der Waals surface area (Å²) in [6.45, 7) is 2.18. The first-order valence-electron chi connectivity index (χ1n) is 4.58. The lowest BCUT2D eigenvalue weighted by Crippen LogP contribution is -2.37. The molecule has 0 bridgehead atoms. The van der Waals surface area contributed by atoms with Crippen molar-refractivity contribution in [3.8, 4) is 0 Å². The Morgan fingerprint density at radius 1 is 1.55 bits per heavy atom. The van der Waals surface area contributed by atoms with E-state index in [-0.39, 0.29) is 0 Å². The first-order valence-corrected chi connectivity index (χ1v) is 5.73. The van der Waals surface area contributed by atoms with Gasteiger partial charge in [-0.1, -0.05) is 0 Å². The van der Waals surface area contributed by atoms with Crippen LogP contribution in [0.3, 0.4) is 0 Å². The molecular weight excluding hydrogens is 154 g/mol. The van der Waals surface area contributed by atoms with E-state index in [0.29, 0.717) is 11.5 Å². The lowest BCUT2D eigenvalue weighted by molar-refractivity contribution is 0.280. The Morgan fingerprint density at radius 2 is 2.27 bits per heavy atom. The predicted octanol–water partition coefficient (Wildman–Crippen LogP) is 1.87. The van der Waals surface area contributed by atoms with Crippen molar-refractivity contribution in [2.24, 2.45) is 17.1 Å². The van der Waals surface area contributed by atoms with E-state index in [1.54, 1.807) is 0 Å². The van der Waals surface area contributed by atoms with Crippen LogP contribution in [0, 0.1) is 11.3 Å². The summed E-state index contributed by atoms with van der Waals surface area (Å²) in [7, 11) is 0. The molecular formula is C9H17NS. The van der Waals surface area contributed by atoms with Crippen LogP contribution in [0.4, 0.5) is 0 Å². The highest BCUT2D eigenvalue weighted by Crippen LogP contribution is 2.58. The van der Waals surface area contributed by atoms with Crippen LogP contribution in [-0.4, -0.2) is 17.5 Å². The van der Waals surface area contributed by atoms with E-state index in [2.05, 4.69) is 18.7 Å². The van der Waals surface area contributed by atoms with Gasteiger partial charge in [-0.15, -0.1) is 0 Å². The first-order chi connectivity index (χ1) is 5.25. The number of rotatable bonds is 1. The largest absolute Gasteiger partial charge is 0.328 e. The van der Waals surface area contributed by atoms with Gasteiger partial charge in [-0.05, 0) is 49.0 Å². The van der Waals surface area contributed by atoms with Crippen molar-refractivity contribution < 1.29 is 0 Å². The van der Waals surface area contributed by atoms with E-state index >= 15 is 0 Å². The van der Waals surface area contributed by atoms with Gasteiger partial charge in [-0.3, -0.25) is 0 Å². The lowest BCUT2D eigenvalue weighted by Gasteiger charge is -2.34. The van der Waals surface area contributed by atoms with E-state index in [4.69, 9.17) is 5.73 Å². The second kappa shape index (κ2) is 2.67. The molecule has 2 heteroatoms. The number of hydrogen-bond donors (Lipinski definition) is 1. The van der Waals surface area contributed by atoms with Crippen molar-refractivity contribution in [1.29, 1.82) is 0 Å². The van der Waals surface area contributed by atoms with Crippen molar-refractivity contribution in [2.45, 2.75) is 32.2 Å². The van der Waals surface area contributed by atoms with Gasteiger partial charge in [0.1, 0.15) is 0 Å². The third-order valence-corrected chi connectivity index (χ3v) is 4.58. The molecule has 0 aromatic heterocycles. The highest BCUT2D eigenvalue weighted by molar-refractivity contribution is 7.99. The lowest BCUT2D eigenvalue weighted by atomic mass is 9.83. The molecule has 2 unspecified atom stereocenters. The molecule has 2 atom stereocenters.